The summed E-state index contributed by atoms with van der Waals surface area (Å²) in [5, 5.41) is 32.4. The summed E-state index contributed by atoms with van der Waals surface area (Å²) < 4.78 is 0. The normalized spacial score (nSPS) is 21.6. The van der Waals surface area contributed by atoms with Crippen molar-refractivity contribution in [1.82, 2.24) is 20.0 Å². The highest BCUT2D eigenvalue weighted by molar-refractivity contribution is 6.37. The van der Waals surface area contributed by atoms with E-state index in [4.69, 9.17) is 5.41 Å². The van der Waals surface area contributed by atoms with Crippen LogP contribution in [0, 0.1) is 5.41 Å². The third kappa shape index (κ3) is 6.16. The van der Waals surface area contributed by atoms with Gasteiger partial charge >= 0.3 is 0 Å². The van der Waals surface area contributed by atoms with Crippen LogP contribution in [0.25, 0.3) is 5.70 Å². The first-order valence-corrected chi connectivity index (χ1v) is 13.0. The van der Waals surface area contributed by atoms with Crippen LogP contribution in [0.15, 0.2) is 18.7 Å². The topological polar surface area (TPSA) is 103 Å². The van der Waals surface area contributed by atoms with Gasteiger partial charge in [0.25, 0.3) is 5.91 Å². The SMILES string of the molecule is C=C(c1cc(C(C)C)c(O)cc1O)N(C(=N)C(=O)NCC)C1CCC(N2CCN(CC)CC2)CC1. The fraction of sp³-hybridized carbons (Fsp3) is 0.630. The van der Waals surface area contributed by atoms with Gasteiger partial charge in [0.1, 0.15) is 11.5 Å². The van der Waals surface area contributed by atoms with E-state index in [0.29, 0.717) is 29.4 Å². The number of likely N-dealkylation sites (N-methyl/N-ethyl adjacent to an activating group) is 2. The molecule has 3 rings (SSSR count). The molecule has 0 radical (unpaired) electrons. The Bertz CT molecular complexity index is 916. The largest absolute Gasteiger partial charge is 0.508 e. The minimum Gasteiger partial charge on any atom is -0.508 e. The molecule has 1 saturated carbocycles. The van der Waals surface area contributed by atoms with Crippen LogP contribution in [0.1, 0.15) is 70.4 Å². The van der Waals surface area contributed by atoms with Crippen LogP contribution in [0.4, 0.5) is 0 Å². The van der Waals surface area contributed by atoms with E-state index in [1.54, 1.807) is 11.0 Å². The van der Waals surface area contributed by atoms with Crippen molar-refractivity contribution in [2.24, 2.45) is 0 Å². The number of phenolic OH excluding ortho intramolecular Hbond substituents is 2. The van der Waals surface area contributed by atoms with Crippen LogP contribution in [0.5, 0.6) is 11.5 Å². The molecule has 0 bridgehead atoms. The quantitative estimate of drug-likeness (QED) is 0.348. The van der Waals surface area contributed by atoms with Gasteiger partial charge in [-0.2, -0.15) is 0 Å². The summed E-state index contributed by atoms with van der Waals surface area (Å²) in [6.45, 7) is 18.1. The summed E-state index contributed by atoms with van der Waals surface area (Å²) in [6.07, 6.45) is 3.69. The highest BCUT2D eigenvalue weighted by Gasteiger charge is 2.35. The lowest BCUT2D eigenvalue weighted by molar-refractivity contribution is -0.115. The lowest BCUT2D eigenvalue weighted by atomic mass is 9.87. The molecular formula is C27H43N5O3. The fourth-order valence-electron chi connectivity index (χ4n) is 5.44. The molecule has 0 atom stereocenters. The predicted octanol–water partition coefficient (Wildman–Crippen LogP) is 3.56. The molecule has 0 unspecified atom stereocenters. The number of nitrogens with one attached hydrogen (secondary N) is 2. The molecule has 1 saturated heterocycles. The number of phenols is 2. The van der Waals surface area contributed by atoms with Crippen molar-refractivity contribution < 1.29 is 15.0 Å². The van der Waals surface area contributed by atoms with E-state index >= 15 is 0 Å². The van der Waals surface area contributed by atoms with Crippen LogP contribution in [-0.4, -0.2) is 88.0 Å². The third-order valence-corrected chi connectivity index (χ3v) is 7.56. The molecule has 4 N–H and O–H groups in total. The summed E-state index contributed by atoms with van der Waals surface area (Å²) >= 11 is 0. The molecule has 1 heterocycles. The van der Waals surface area contributed by atoms with Crippen molar-refractivity contribution >= 4 is 17.4 Å². The number of piperazine rings is 1. The highest BCUT2D eigenvalue weighted by Crippen LogP contribution is 2.38. The number of rotatable bonds is 7. The maximum atomic E-state index is 12.7. The van der Waals surface area contributed by atoms with E-state index in [0.717, 1.165) is 58.4 Å². The number of amides is 1. The van der Waals surface area contributed by atoms with Gasteiger partial charge in [0.2, 0.25) is 0 Å². The van der Waals surface area contributed by atoms with Gasteiger partial charge in [-0.1, -0.05) is 27.4 Å². The van der Waals surface area contributed by atoms with E-state index in [1.807, 2.05) is 20.8 Å². The van der Waals surface area contributed by atoms with E-state index < -0.39 is 5.91 Å². The third-order valence-electron chi connectivity index (χ3n) is 7.56. The Morgan fingerprint density at radius 2 is 1.74 bits per heavy atom. The van der Waals surface area contributed by atoms with E-state index in [-0.39, 0.29) is 29.3 Å². The summed E-state index contributed by atoms with van der Waals surface area (Å²) in [4.78, 5) is 19.5. The molecule has 2 aliphatic rings. The van der Waals surface area contributed by atoms with Crippen molar-refractivity contribution in [3.63, 3.8) is 0 Å². The minimum atomic E-state index is -0.450. The number of hydrogen-bond donors (Lipinski definition) is 4. The fourth-order valence-corrected chi connectivity index (χ4v) is 5.44. The number of amidine groups is 1. The van der Waals surface area contributed by atoms with Gasteiger partial charge in [0.05, 0.1) is 0 Å². The van der Waals surface area contributed by atoms with Gasteiger partial charge in [-0.15, -0.1) is 0 Å². The molecule has 0 spiro atoms. The van der Waals surface area contributed by atoms with Crippen LogP contribution in [0.3, 0.4) is 0 Å². The van der Waals surface area contributed by atoms with Gasteiger partial charge < -0.3 is 25.3 Å². The van der Waals surface area contributed by atoms with Gasteiger partial charge in [0.15, 0.2) is 5.84 Å². The highest BCUT2D eigenvalue weighted by atomic mass is 16.3. The van der Waals surface area contributed by atoms with E-state index in [1.165, 1.54) is 6.07 Å². The molecule has 1 aliphatic carbocycles. The molecule has 8 heteroatoms. The minimum absolute atomic E-state index is 0.0306. The standard InChI is InChI=1S/C27H43N5O3/c1-6-29-27(35)26(28)32(19(5)23-16-22(18(3)4)24(33)17-25(23)34)21-10-8-20(9-11-21)31-14-12-30(7-2)13-15-31/h16-18,20-21,28,33-34H,5-15H2,1-4H3,(H,29,35). The van der Waals surface area contributed by atoms with Crippen molar-refractivity contribution in [2.45, 2.75) is 71.4 Å². The van der Waals surface area contributed by atoms with E-state index in [2.05, 4.69) is 28.6 Å². The molecule has 1 aromatic carbocycles. The summed E-state index contributed by atoms with van der Waals surface area (Å²) in [7, 11) is 0. The molecule has 8 nitrogen and oxygen atoms in total. The number of hydrogen-bond acceptors (Lipinski definition) is 6. The Balaban J connectivity index is 1.81. The molecular weight excluding hydrogens is 442 g/mol. The number of benzene rings is 1. The molecule has 1 aromatic rings. The number of aromatic hydroxyl groups is 2. The zero-order chi connectivity index (χ0) is 25.7. The Hall–Kier alpha value is -2.58. The van der Waals surface area contributed by atoms with Crippen molar-refractivity contribution in [3.05, 3.63) is 29.8 Å². The molecule has 0 aromatic heterocycles. The predicted molar refractivity (Wildman–Crippen MR) is 141 cm³/mol. The molecule has 35 heavy (non-hydrogen) atoms. The Morgan fingerprint density at radius 1 is 1.11 bits per heavy atom. The lowest BCUT2D eigenvalue weighted by Crippen LogP contribution is -2.53. The summed E-state index contributed by atoms with van der Waals surface area (Å²) in [6, 6.07) is 3.53. The summed E-state index contributed by atoms with van der Waals surface area (Å²) in [5.41, 5.74) is 1.55. The second-order valence-corrected chi connectivity index (χ2v) is 10.0. The molecule has 1 amide bonds. The maximum Gasteiger partial charge on any atom is 0.286 e. The zero-order valence-electron chi connectivity index (χ0n) is 21.8. The Morgan fingerprint density at radius 3 is 2.29 bits per heavy atom. The molecule has 2 fully saturated rings. The second-order valence-electron chi connectivity index (χ2n) is 10.0. The van der Waals surface area contributed by atoms with Crippen LogP contribution in [0.2, 0.25) is 0 Å². The monoisotopic (exact) mass is 485 g/mol. The van der Waals surface area contributed by atoms with Gasteiger partial charge in [-0.3, -0.25) is 15.1 Å². The summed E-state index contributed by atoms with van der Waals surface area (Å²) in [5.74, 6) is -0.637. The van der Waals surface area contributed by atoms with Crippen molar-refractivity contribution in [3.8, 4) is 11.5 Å². The average Bonchev–Trinajstić information content (AvgIpc) is 2.84. The first-order chi connectivity index (χ1) is 16.7. The van der Waals surface area contributed by atoms with Gasteiger partial charge in [-0.05, 0) is 56.7 Å². The van der Waals surface area contributed by atoms with Gasteiger partial charge in [0, 0.05) is 62.1 Å². The number of carbonyl (C=O) groups is 1. The van der Waals surface area contributed by atoms with Crippen LogP contribution >= 0.6 is 0 Å². The first-order valence-electron chi connectivity index (χ1n) is 13.0. The number of carbonyl (C=O) groups excluding carboxylic acids is 1. The second kappa shape index (κ2) is 11.9. The van der Waals surface area contributed by atoms with E-state index in [9.17, 15) is 15.0 Å². The maximum absolute atomic E-state index is 12.7. The molecule has 194 valence electrons. The number of nitrogens with zero attached hydrogens (tertiary/aromatic N) is 3. The average molecular weight is 486 g/mol. The lowest BCUT2D eigenvalue weighted by Gasteiger charge is -2.44. The van der Waals surface area contributed by atoms with Crippen molar-refractivity contribution in [2.75, 3.05) is 39.3 Å². The molecule has 1 aliphatic heterocycles. The zero-order valence-corrected chi connectivity index (χ0v) is 21.8. The van der Waals surface area contributed by atoms with Crippen molar-refractivity contribution in [1.29, 1.82) is 5.41 Å². The smallest absolute Gasteiger partial charge is 0.286 e. The van der Waals surface area contributed by atoms with Crippen LogP contribution in [-0.2, 0) is 4.79 Å². The van der Waals surface area contributed by atoms with Gasteiger partial charge in [-0.25, -0.2) is 0 Å². The Labute approximate surface area is 210 Å². The first kappa shape index (κ1) is 27.0. The Kier molecular flexibility index (Phi) is 9.19. The van der Waals surface area contributed by atoms with Crippen LogP contribution < -0.4 is 5.32 Å².